The van der Waals surface area contributed by atoms with E-state index in [-0.39, 0.29) is 12.1 Å². The summed E-state index contributed by atoms with van der Waals surface area (Å²) in [4.78, 5) is 21.6. The summed E-state index contributed by atoms with van der Waals surface area (Å²) in [6.07, 6.45) is 8.01. The van der Waals surface area contributed by atoms with Crippen LogP contribution < -0.4 is 10.7 Å². The summed E-state index contributed by atoms with van der Waals surface area (Å²) in [5, 5.41) is 8.07. The first-order chi connectivity index (χ1) is 11.6. The van der Waals surface area contributed by atoms with E-state index in [4.69, 9.17) is 0 Å². The molecule has 24 heavy (non-hydrogen) atoms. The van der Waals surface area contributed by atoms with Gasteiger partial charge in [0, 0.05) is 24.0 Å². The third-order valence-corrected chi connectivity index (χ3v) is 5.36. The van der Waals surface area contributed by atoms with E-state index < -0.39 is 0 Å². The Morgan fingerprint density at radius 1 is 1.38 bits per heavy atom. The number of rotatable bonds is 4. The second-order valence-electron chi connectivity index (χ2n) is 5.94. The maximum atomic E-state index is 11.9. The maximum absolute atomic E-state index is 11.9. The summed E-state index contributed by atoms with van der Waals surface area (Å²) in [6.45, 7) is 3.83. The molecule has 0 saturated heterocycles. The van der Waals surface area contributed by atoms with E-state index in [2.05, 4.69) is 25.8 Å². The molecule has 2 heterocycles. The van der Waals surface area contributed by atoms with Crippen molar-refractivity contribution in [2.24, 2.45) is 5.10 Å². The average molecular weight is 343 g/mol. The van der Waals surface area contributed by atoms with Gasteiger partial charge in [-0.15, -0.1) is 11.3 Å². The number of carbonyl (C=O) groups is 1. The molecule has 3 rings (SSSR count). The summed E-state index contributed by atoms with van der Waals surface area (Å²) >= 11 is 1.55. The Balaban J connectivity index is 1.67. The SMILES string of the molecule is C/C(=N\NC(=O)NC1CCCC1)c1sc(-c2cccnc2)nc1C. The fraction of sp³-hybridized carbons (Fsp3) is 0.412. The van der Waals surface area contributed by atoms with Crippen LogP contribution in [0.4, 0.5) is 4.79 Å². The van der Waals surface area contributed by atoms with E-state index in [1.165, 1.54) is 12.8 Å². The van der Waals surface area contributed by atoms with Crippen LogP contribution in [0.5, 0.6) is 0 Å². The first kappa shape index (κ1) is 16.6. The van der Waals surface area contributed by atoms with Crippen molar-refractivity contribution in [1.82, 2.24) is 20.7 Å². The predicted octanol–water partition coefficient (Wildman–Crippen LogP) is 3.48. The Bertz CT molecular complexity index is 735. The molecule has 2 aromatic heterocycles. The van der Waals surface area contributed by atoms with Gasteiger partial charge >= 0.3 is 6.03 Å². The Hall–Kier alpha value is -2.28. The summed E-state index contributed by atoms with van der Waals surface area (Å²) in [5.41, 5.74) is 5.22. The fourth-order valence-corrected chi connectivity index (χ4v) is 3.82. The van der Waals surface area contributed by atoms with E-state index in [1.807, 2.05) is 26.0 Å². The number of urea groups is 1. The lowest BCUT2D eigenvalue weighted by molar-refractivity contribution is 0.237. The number of hydrogen-bond acceptors (Lipinski definition) is 5. The lowest BCUT2D eigenvalue weighted by Crippen LogP contribution is -2.39. The Labute approximate surface area is 145 Å². The molecule has 0 atom stereocenters. The van der Waals surface area contributed by atoms with Gasteiger partial charge in [-0.05, 0) is 38.8 Å². The second-order valence-corrected chi connectivity index (χ2v) is 6.94. The summed E-state index contributed by atoms with van der Waals surface area (Å²) in [5.74, 6) is 0. The number of nitrogens with one attached hydrogen (secondary N) is 2. The third kappa shape index (κ3) is 3.97. The number of carbonyl (C=O) groups excluding carboxylic acids is 1. The number of aromatic nitrogens is 2. The van der Waals surface area contributed by atoms with Gasteiger partial charge in [0.15, 0.2) is 0 Å². The Morgan fingerprint density at radius 2 is 2.17 bits per heavy atom. The summed E-state index contributed by atoms with van der Waals surface area (Å²) in [6, 6.07) is 3.91. The maximum Gasteiger partial charge on any atom is 0.335 e. The van der Waals surface area contributed by atoms with Crippen molar-refractivity contribution >= 4 is 23.1 Å². The first-order valence-corrected chi connectivity index (χ1v) is 8.94. The van der Waals surface area contributed by atoms with Gasteiger partial charge in [0.25, 0.3) is 0 Å². The van der Waals surface area contributed by atoms with Gasteiger partial charge in [-0.3, -0.25) is 4.98 Å². The van der Waals surface area contributed by atoms with Crippen LogP contribution in [0.15, 0.2) is 29.6 Å². The molecule has 2 amide bonds. The molecule has 0 bridgehead atoms. The monoisotopic (exact) mass is 343 g/mol. The summed E-state index contributed by atoms with van der Waals surface area (Å²) < 4.78 is 0. The van der Waals surface area contributed by atoms with E-state index in [1.54, 1.807) is 23.7 Å². The highest BCUT2D eigenvalue weighted by atomic mass is 32.1. The molecule has 2 aromatic rings. The number of nitrogens with zero attached hydrogens (tertiary/aromatic N) is 3. The van der Waals surface area contributed by atoms with Crippen molar-refractivity contribution in [3.8, 4) is 10.6 Å². The molecule has 0 radical (unpaired) electrons. The highest BCUT2D eigenvalue weighted by molar-refractivity contribution is 7.17. The van der Waals surface area contributed by atoms with Crippen molar-refractivity contribution in [3.05, 3.63) is 35.1 Å². The molecule has 1 saturated carbocycles. The van der Waals surface area contributed by atoms with Crippen LogP contribution in [-0.2, 0) is 0 Å². The van der Waals surface area contributed by atoms with Gasteiger partial charge in [-0.25, -0.2) is 15.2 Å². The minimum Gasteiger partial charge on any atom is -0.334 e. The van der Waals surface area contributed by atoms with Crippen molar-refractivity contribution < 1.29 is 4.79 Å². The van der Waals surface area contributed by atoms with Crippen LogP contribution in [0.2, 0.25) is 0 Å². The highest BCUT2D eigenvalue weighted by Crippen LogP contribution is 2.27. The first-order valence-electron chi connectivity index (χ1n) is 8.12. The van der Waals surface area contributed by atoms with Gasteiger partial charge in [0.05, 0.1) is 16.3 Å². The van der Waals surface area contributed by atoms with Gasteiger partial charge in [-0.1, -0.05) is 12.8 Å². The number of amides is 2. The minimum absolute atomic E-state index is 0.240. The highest BCUT2D eigenvalue weighted by Gasteiger charge is 2.17. The molecule has 0 aromatic carbocycles. The molecule has 0 unspecified atom stereocenters. The molecule has 6 nitrogen and oxygen atoms in total. The van der Waals surface area contributed by atoms with Crippen LogP contribution >= 0.6 is 11.3 Å². The van der Waals surface area contributed by atoms with Gasteiger partial charge < -0.3 is 5.32 Å². The average Bonchev–Trinajstić information content (AvgIpc) is 3.23. The van der Waals surface area contributed by atoms with Crippen molar-refractivity contribution in [2.45, 2.75) is 45.6 Å². The van der Waals surface area contributed by atoms with Crippen LogP contribution in [0.25, 0.3) is 10.6 Å². The number of hydrazone groups is 1. The molecule has 0 spiro atoms. The van der Waals surface area contributed by atoms with Crippen LogP contribution in [0.1, 0.15) is 43.2 Å². The molecule has 7 heteroatoms. The van der Waals surface area contributed by atoms with Crippen LogP contribution in [-0.4, -0.2) is 27.8 Å². The molecule has 0 aliphatic heterocycles. The van der Waals surface area contributed by atoms with Crippen molar-refractivity contribution in [3.63, 3.8) is 0 Å². The zero-order valence-corrected chi connectivity index (χ0v) is 14.7. The Morgan fingerprint density at radius 3 is 2.88 bits per heavy atom. The molecule has 126 valence electrons. The largest absolute Gasteiger partial charge is 0.335 e. The molecule has 2 N–H and O–H groups in total. The molecule has 1 fully saturated rings. The van der Waals surface area contributed by atoms with Gasteiger partial charge in [0.1, 0.15) is 5.01 Å². The van der Waals surface area contributed by atoms with Crippen molar-refractivity contribution in [1.29, 1.82) is 0 Å². The summed E-state index contributed by atoms with van der Waals surface area (Å²) in [7, 11) is 0. The zero-order valence-electron chi connectivity index (χ0n) is 13.9. The van der Waals surface area contributed by atoms with E-state index in [0.29, 0.717) is 0 Å². The molecule has 1 aliphatic rings. The number of thiazole rings is 1. The smallest absolute Gasteiger partial charge is 0.334 e. The van der Waals surface area contributed by atoms with E-state index >= 15 is 0 Å². The minimum atomic E-state index is -0.240. The Kier molecular flexibility index (Phi) is 5.20. The van der Waals surface area contributed by atoms with E-state index in [9.17, 15) is 4.79 Å². The fourth-order valence-electron chi connectivity index (χ4n) is 2.82. The number of hydrogen-bond donors (Lipinski definition) is 2. The van der Waals surface area contributed by atoms with Crippen LogP contribution in [0.3, 0.4) is 0 Å². The lowest BCUT2D eigenvalue weighted by atomic mass is 10.3. The van der Waals surface area contributed by atoms with Crippen molar-refractivity contribution in [2.75, 3.05) is 0 Å². The normalized spacial score (nSPS) is 15.5. The van der Waals surface area contributed by atoms with Crippen LogP contribution in [0, 0.1) is 6.92 Å². The molecular formula is C17H21N5OS. The number of aryl methyl sites for hydroxylation is 1. The standard InChI is InChI=1S/C17H21N5OS/c1-11-15(24-16(19-11)13-6-5-9-18-10-13)12(2)21-22-17(23)20-14-7-3-4-8-14/h5-6,9-10,14H,3-4,7-8H2,1-2H3,(H2,20,22,23)/b21-12+. The third-order valence-electron chi connectivity index (χ3n) is 4.05. The second kappa shape index (κ2) is 7.53. The van der Waals surface area contributed by atoms with Gasteiger partial charge in [-0.2, -0.15) is 5.10 Å². The molecule has 1 aliphatic carbocycles. The van der Waals surface area contributed by atoms with E-state index in [0.717, 1.165) is 39.7 Å². The zero-order chi connectivity index (χ0) is 16.9. The quantitative estimate of drug-likeness (QED) is 0.659. The topological polar surface area (TPSA) is 79.3 Å². The number of pyridine rings is 1. The lowest BCUT2D eigenvalue weighted by Gasteiger charge is -2.10. The molecular weight excluding hydrogens is 322 g/mol. The predicted molar refractivity (Wildman–Crippen MR) is 96.2 cm³/mol. The van der Waals surface area contributed by atoms with Gasteiger partial charge in [0.2, 0.25) is 0 Å².